The summed E-state index contributed by atoms with van der Waals surface area (Å²) in [4.78, 5) is 23.8. The van der Waals surface area contributed by atoms with Crippen LogP contribution in [0.2, 0.25) is 0 Å². The Bertz CT molecular complexity index is 835. The number of hydrogen-bond acceptors (Lipinski definition) is 3. The number of halogens is 2. The Morgan fingerprint density at radius 3 is 2.36 bits per heavy atom. The van der Waals surface area contributed by atoms with Gasteiger partial charge in [-0.25, -0.2) is 8.78 Å². The molecule has 0 saturated carbocycles. The Labute approximate surface area is 143 Å². The Balaban J connectivity index is 2.31. The summed E-state index contributed by atoms with van der Waals surface area (Å²) >= 11 is 0. The molecule has 2 amide bonds. The lowest BCUT2D eigenvalue weighted by atomic mass is 10.1. The summed E-state index contributed by atoms with van der Waals surface area (Å²) in [5.41, 5.74) is 5.49. The van der Waals surface area contributed by atoms with Crippen molar-refractivity contribution in [3.8, 4) is 5.75 Å². The molecule has 0 bridgehead atoms. The van der Waals surface area contributed by atoms with Gasteiger partial charge in [0.15, 0.2) is 0 Å². The number of benzene rings is 2. The van der Waals surface area contributed by atoms with Gasteiger partial charge in [-0.3, -0.25) is 9.59 Å². The lowest BCUT2D eigenvalue weighted by Gasteiger charge is -2.14. The molecule has 0 atom stereocenters. The van der Waals surface area contributed by atoms with E-state index >= 15 is 0 Å². The number of nitrogens with one attached hydrogen (secondary N) is 1. The standard InChI is InChI=1S/C18H18F2N2O3/c1-9(2)25-16-5-4-11(7-13(16)17(21)23)22-18(24)12-6-10(3)14(19)8-15(12)20/h4-9H,1-3H3,(H2,21,23)(H,22,24). The highest BCUT2D eigenvalue weighted by molar-refractivity contribution is 6.05. The van der Waals surface area contributed by atoms with E-state index in [9.17, 15) is 18.4 Å². The number of carbonyl (C=O) groups excluding carboxylic acids is 2. The minimum Gasteiger partial charge on any atom is -0.490 e. The molecule has 0 saturated heterocycles. The van der Waals surface area contributed by atoms with Crippen molar-refractivity contribution in [3.05, 3.63) is 58.7 Å². The van der Waals surface area contributed by atoms with Crippen LogP contribution in [-0.4, -0.2) is 17.9 Å². The molecule has 7 heteroatoms. The largest absolute Gasteiger partial charge is 0.490 e. The van der Waals surface area contributed by atoms with Crippen molar-refractivity contribution >= 4 is 17.5 Å². The maximum atomic E-state index is 13.8. The molecule has 0 heterocycles. The number of nitrogens with two attached hydrogens (primary N) is 1. The zero-order valence-electron chi connectivity index (χ0n) is 14.0. The highest BCUT2D eigenvalue weighted by Gasteiger charge is 2.17. The molecule has 5 nitrogen and oxygen atoms in total. The van der Waals surface area contributed by atoms with Crippen LogP contribution in [0.3, 0.4) is 0 Å². The van der Waals surface area contributed by atoms with Crippen LogP contribution in [0, 0.1) is 18.6 Å². The molecule has 2 aromatic carbocycles. The number of anilines is 1. The Hall–Kier alpha value is -2.96. The van der Waals surface area contributed by atoms with Crippen LogP contribution in [-0.2, 0) is 0 Å². The second kappa shape index (κ2) is 7.29. The van der Waals surface area contributed by atoms with Crippen molar-refractivity contribution < 1.29 is 23.1 Å². The number of primary amides is 1. The van der Waals surface area contributed by atoms with E-state index in [1.54, 1.807) is 13.8 Å². The Kier molecular flexibility index (Phi) is 5.36. The highest BCUT2D eigenvalue weighted by atomic mass is 19.1. The topological polar surface area (TPSA) is 81.4 Å². The minimum atomic E-state index is -0.976. The van der Waals surface area contributed by atoms with E-state index in [0.717, 1.165) is 6.07 Å². The van der Waals surface area contributed by atoms with E-state index in [1.807, 2.05) is 0 Å². The second-order valence-corrected chi connectivity index (χ2v) is 5.78. The van der Waals surface area contributed by atoms with Gasteiger partial charge in [-0.05, 0) is 50.6 Å². The van der Waals surface area contributed by atoms with Crippen LogP contribution in [0.1, 0.15) is 40.1 Å². The first-order valence-electron chi connectivity index (χ1n) is 7.56. The average molecular weight is 348 g/mol. The van der Waals surface area contributed by atoms with Crippen molar-refractivity contribution in [2.45, 2.75) is 26.9 Å². The van der Waals surface area contributed by atoms with Crippen LogP contribution >= 0.6 is 0 Å². The lowest BCUT2D eigenvalue weighted by molar-refractivity contribution is 0.0990. The fourth-order valence-corrected chi connectivity index (χ4v) is 2.19. The molecule has 132 valence electrons. The van der Waals surface area contributed by atoms with Crippen molar-refractivity contribution in [1.82, 2.24) is 0 Å². The molecular weight excluding hydrogens is 330 g/mol. The van der Waals surface area contributed by atoms with Gasteiger partial charge in [-0.15, -0.1) is 0 Å². The number of aryl methyl sites for hydroxylation is 1. The van der Waals surface area contributed by atoms with Gasteiger partial charge in [-0.2, -0.15) is 0 Å². The van der Waals surface area contributed by atoms with E-state index in [4.69, 9.17) is 10.5 Å². The van der Waals surface area contributed by atoms with Gasteiger partial charge in [0.25, 0.3) is 11.8 Å². The van der Waals surface area contributed by atoms with Crippen LogP contribution in [0.4, 0.5) is 14.5 Å². The molecule has 0 aliphatic heterocycles. The molecule has 2 aromatic rings. The SMILES string of the molecule is Cc1cc(C(=O)Nc2ccc(OC(C)C)c(C(N)=O)c2)c(F)cc1F. The van der Waals surface area contributed by atoms with E-state index in [0.29, 0.717) is 6.07 Å². The van der Waals surface area contributed by atoms with Crippen molar-refractivity contribution in [1.29, 1.82) is 0 Å². The van der Waals surface area contributed by atoms with Gasteiger partial charge >= 0.3 is 0 Å². The van der Waals surface area contributed by atoms with Crippen LogP contribution in [0.15, 0.2) is 30.3 Å². The smallest absolute Gasteiger partial charge is 0.258 e. The molecule has 0 fully saturated rings. The number of amides is 2. The number of hydrogen-bond donors (Lipinski definition) is 2. The summed E-state index contributed by atoms with van der Waals surface area (Å²) in [7, 11) is 0. The summed E-state index contributed by atoms with van der Waals surface area (Å²) in [5.74, 6) is -2.93. The van der Waals surface area contributed by atoms with Gasteiger partial charge in [0.2, 0.25) is 0 Å². The predicted octanol–water partition coefficient (Wildman–Crippen LogP) is 3.41. The number of rotatable bonds is 5. The first kappa shape index (κ1) is 18.4. The normalized spacial score (nSPS) is 10.6. The molecule has 0 aliphatic carbocycles. The third kappa shape index (κ3) is 4.32. The minimum absolute atomic E-state index is 0.0854. The summed E-state index contributed by atoms with van der Waals surface area (Å²) < 4.78 is 32.6. The lowest BCUT2D eigenvalue weighted by Crippen LogP contribution is -2.18. The monoisotopic (exact) mass is 348 g/mol. The van der Waals surface area contributed by atoms with Crippen molar-refractivity contribution in [3.63, 3.8) is 0 Å². The molecule has 0 unspecified atom stereocenters. The fraction of sp³-hybridized carbons (Fsp3) is 0.222. The van der Waals surface area contributed by atoms with Gasteiger partial charge in [-0.1, -0.05) is 0 Å². The molecule has 0 radical (unpaired) electrons. The number of ether oxygens (including phenoxy) is 1. The summed E-state index contributed by atoms with van der Waals surface area (Å²) in [6.45, 7) is 5.01. The second-order valence-electron chi connectivity index (χ2n) is 5.78. The van der Waals surface area contributed by atoms with Gasteiger partial charge in [0, 0.05) is 11.8 Å². The van der Waals surface area contributed by atoms with Crippen molar-refractivity contribution in [2.75, 3.05) is 5.32 Å². The number of carbonyl (C=O) groups is 2. The van der Waals surface area contributed by atoms with E-state index < -0.39 is 23.4 Å². The highest BCUT2D eigenvalue weighted by Crippen LogP contribution is 2.24. The summed E-state index contributed by atoms with van der Waals surface area (Å²) in [5, 5.41) is 2.46. The van der Waals surface area contributed by atoms with Gasteiger partial charge in [0.1, 0.15) is 17.4 Å². The summed E-state index contributed by atoms with van der Waals surface area (Å²) in [6.07, 6.45) is -0.171. The zero-order chi connectivity index (χ0) is 18.7. The van der Waals surface area contributed by atoms with Crippen LogP contribution in [0.25, 0.3) is 0 Å². The fourth-order valence-electron chi connectivity index (χ4n) is 2.19. The third-order valence-corrected chi connectivity index (χ3v) is 3.36. The quantitative estimate of drug-likeness (QED) is 0.869. The Morgan fingerprint density at radius 2 is 1.76 bits per heavy atom. The van der Waals surface area contributed by atoms with E-state index in [2.05, 4.69) is 5.32 Å². The van der Waals surface area contributed by atoms with E-state index in [1.165, 1.54) is 25.1 Å². The summed E-state index contributed by atoms with van der Waals surface area (Å²) in [6, 6.07) is 6.09. The first-order chi connectivity index (χ1) is 11.7. The molecular formula is C18H18F2N2O3. The predicted molar refractivity (Wildman–Crippen MR) is 89.8 cm³/mol. The van der Waals surface area contributed by atoms with Gasteiger partial charge < -0.3 is 15.8 Å². The maximum Gasteiger partial charge on any atom is 0.258 e. The first-order valence-corrected chi connectivity index (χ1v) is 7.56. The third-order valence-electron chi connectivity index (χ3n) is 3.36. The molecule has 0 aromatic heterocycles. The van der Waals surface area contributed by atoms with Gasteiger partial charge in [0.05, 0.1) is 17.2 Å². The maximum absolute atomic E-state index is 13.8. The van der Waals surface area contributed by atoms with Crippen LogP contribution < -0.4 is 15.8 Å². The van der Waals surface area contributed by atoms with Crippen molar-refractivity contribution in [2.24, 2.45) is 5.73 Å². The van der Waals surface area contributed by atoms with E-state index in [-0.39, 0.29) is 34.2 Å². The average Bonchev–Trinajstić information content (AvgIpc) is 2.51. The molecule has 25 heavy (non-hydrogen) atoms. The molecule has 2 rings (SSSR count). The molecule has 3 N–H and O–H groups in total. The van der Waals surface area contributed by atoms with Crippen LogP contribution in [0.5, 0.6) is 5.75 Å². The zero-order valence-corrected chi connectivity index (χ0v) is 14.0. The molecule has 0 spiro atoms. The Morgan fingerprint density at radius 1 is 1.08 bits per heavy atom. The molecule has 0 aliphatic rings.